The molecule has 1 aliphatic rings. The fourth-order valence-electron chi connectivity index (χ4n) is 3.36. The van der Waals surface area contributed by atoms with Gasteiger partial charge >= 0.3 is 0 Å². The lowest BCUT2D eigenvalue weighted by Gasteiger charge is -2.29. The number of hydrogen-bond donors (Lipinski definition) is 0. The van der Waals surface area contributed by atoms with Gasteiger partial charge in [0.05, 0.1) is 28.4 Å². The SMILES string of the molecule is CC1(C)Cc2c(C#N)cccc2C(c2cnc3ccccc3c2)=N1. The zero-order valence-corrected chi connectivity index (χ0v) is 13.7. The molecular formula is C21H17N3. The van der Waals surface area contributed by atoms with Gasteiger partial charge in [-0.15, -0.1) is 0 Å². The third-order valence-electron chi connectivity index (χ3n) is 4.44. The number of hydrogen-bond acceptors (Lipinski definition) is 3. The Morgan fingerprint density at radius 3 is 2.75 bits per heavy atom. The van der Waals surface area contributed by atoms with Crippen LogP contribution in [0.2, 0.25) is 0 Å². The molecular weight excluding hydrogens is 294 g/mol. The molecule has 0 spiro atoms. The first-order chi connectivity index (χ1) is 11.6. The number of para-hydroxylation sites is 1. The number of aliphatic imine (C=N–C) groups is 1. The molecule has 1 aromatic heterocycles. The molecule has 0 bridgehead atoms. The molecule has 0 N–H and O–H groups in total. The summed E-state index contributed by atoms with van der Waals surface area (Å²) in [6, 6.07) is 18.4. The largest absolute Gasteiger partial charge is 0.278 e. The van der Waals surface area contributed by atoms with Crippen molar-refractivity contribution in [3.05, 3.63) is 77.0 Å². The van der Waals surface area contributed by atoms with Crippen molar-refractivity contribution in [2.24, 2.45) is 4.99 Å². The van der Waals surface area contributed by atoms with Gasteiger partial charge < -0.3 is 0 Å². The van der Waals surface area contributed by atoms with Crippen LogP contribution in [0.15, 0.2) is 59.7 Å². The smallest absolute Gasteiger partial charge is 0.0994 e. The van der Waals surface area contributed by atoms with Crippen LogP contribution in [0.25, 0.3) is 10.9 Å². The molecule has 0 saturated heterocycles. The molecule has 4 rings (SSSR count). The van der Waals surface area contributed by atoms with Crippen molar-refractivity contribution in [3.63, 3.8) is 0 Å². The Morgan fingerprint density at radius 1 is 1.08 bits per heavy atom. The molecule has 3 nitrogen and oxygen atoms in total. The van der Waals surface area contributed by atoms with Crippen LogP contribution in [0.4, 0.5) is 0 Å². The third kappa shape index (κ3) is 2.37. The van der Waals surface area contributed by atoms with Crippen LogP contribution in [-0.4, -0.2) is 16.2 Å². The summed E-state index contributed by atoms with van der Waals surface area (Å²) in [6.07, 6.45) is 2.65. The van der Waals surface area contributed by atoms with E-state index in [0.717, 1.165) is 45.3 Å². The van der Waals surface area contributed by atoms with Gasteiger partial charge in [0.1, 0.15) is 0 Å². The molecule has 24 heavy (non-hydrogen) atoms. The molecule has 3 aromatic rings. The summed E-state index contributed by atoms with van der Waals surface area (Å²) in [6.45, 7) is 4.22. The van der Waals surface area contributed by atoms with Gasteiger partial charge in [-0.05, 0) is 44.0 Å². The van der Waals surface area contributed by atoms with Gasteiger partial charge in [-0.25, -0.2) is 0 Å². The molecule has 0 atom stereocenters. The van der Waals surface area contributed by atoms with E-state index in [1.54, 1.807) is 0 Å². The summed E-state index contributed by atoms with van der Waals surface area (Å²) in [5, 5.41) is 10.6. The van der Waals surface area contributed by atoms with Crippen LogP contribution in [0, 0.1) is 11.3 Å². The number of rotatable bonds is 1. The minimum absolute atomic E-state index is 0.235. The van der Waals surface area contributed by atoms with E-state index in [-0.39, 0.29) is 5.54 Å². The van der Waals surface area contributed by atoms with Gasteiger partial charge in [-0.1, -0.05) is 30.3 Å². The Morgan fingerprint density at radius 2 is 1.92 bits per heavy atom. The minimum Gasteiger partial charge on any atom is -0.278 e. The van der Waals surface area contributed by atoms with E-state index in [2.05, 4.69) is 43.1 Å². The lowest BCUT2D eigenvalue weighted by Crippen LogP contribution is -2.30. The Labute approximate surface area is 141 Å². The molecule has 2 aromatic carbocycles. The summed E-state index contributed by atoms with van der Waals surface area (Å²) in [5.74, 6) is 0. The molecule has 0 unspecified atom stereocenters. The van der Waals surface area contributed by atoms with Crippen LogP contribution in [-0.2, 0) is 6.42 Å². The van der Waals surface area contributed by atoms with Crippen molar-refractivity contribution in [2.75, 3.05) is 0 Å². The first-order valence-corrected chi connectivity index (χ1v) is 8.05. The fraction of sp³-hybridized carbons (Fsp3) is 0.190. The Balaban J connectivity index is 1.96. The maximum absolute atomic E-state index is 9.46. The predicted molar refractivity (Wildman–Crippen MR) is 96.3 cm³/mol. The van der Waals surface area contributed by atoms with E-state index in [0.29, 0.717) is 0 Å². The number of nitrogens with zero attached hydrogens (tertiary/aromatic N) is 3. The van der Waals surface area contributed by atoms with E-state index < -0.39 is 0 Å². The highest BCUT2D eigenvalue weighted by Crippen LogP contribution is 2.31. The number of aromatic nitrogens is 1. The molecule has 0 amide bonds. The van der Waals surface area contributed by atoms with E-state index in [9.17, 15) is 5.26 Å². The van der Waals surface area contributed by atoms with Gasteiger partial charge in [0.2, 0.25) is 0 Å². The Bertz CT molecular complexity index is 1020. The summed E-state index contributed by atoms with van der Waals surface area (Å²) in [4.78, 5) is 9.55. The average molecular weight is 311 g/mol. The topological polar surface area (TPSA) is 49.0 Å². The predicted octanol–water partition coefficient (Wildman–Crippen LogP) is 4.28. The number of fused-ring (bicyclic) bond motifs is 2. The first-order valence-electron chi connectivity index (χ1n) is 8.05. The summed E-state index contributed by atoms with van der Waals surface area (Å²) >= 11 is 0. The van der Waals surface area contributed by atoms with Crippen molar-refractivity contribution in [1.29, 1.82) is 5.26 Å². The molecule has 0 saturated carbocycles. The fourth-order valence-corrected chi connectivity index (χ4v) is 3.36. The van der Waals surface area contributed by atoms with E-state index in [4.69, 9.17) is 4.99 Å². The lowest BCUT2D eigenvalue weighted by atomic mass is 9.83. The van der Waals surface area contributed by atoms with Gasteiger partial charge in [0, 0.05) is 22.7 Å². The van der Waals surface area contributed by atoms with Crippen LogP contribution in [0.3, 0.4) is 0 Å². The molecule has 0 fully saturated rings. The summed E-state index contributed by atoms with van der Waals surface area (Å²) < 4.78 is 0. The van der Waals surface area contributed by atoms with Crippen molar-refractivity contribution in [2.45, 2.75) is 25.8 Å². The van der Waals surface area contributed by atoms with Crippen LogP contribution >= 0.6 is 0 Å². The first kappa shape index (κ1) is 14.6. The summed E-state index contributed by atoms with van der Waals surface area (Å²) in [5.41, 5.74) is 5.54. The Kier molecular flexibility index (Phi) is 3.21. The van der Waals surface area contributed by atoms with Crippen LogP contribution < -0.4 is 0 Å². The highest BCUT2D eigenvalue weighted by Gasteiger charge is 2.29. The second kappa shape index (κ2) is 5.28. The van der Waals surface area contributed by atoms with Gasteiger partial charge in [0.25, 0.3) is 0 Å². The second-order valence-corrected chi connectivity index (χ2v) is 6.81. The lowest BCUT2D eigenvalue weighted by molar-refractivity contribution is 0.513. The standard InChI is InChI=1S/C21H17N3/c1-21(2)11-18-15(12-22)7-5-8-17(18)20(24-21)16-10-14-6-3-4-9-19(14)23-13-16/h3-10,13H,11H2,1-2H3. The third-order valence-corrected chi connectivity index (χ3v) is 4.44. The second-order valence-electron chi connectivity index (χ2n) is 6.81. The molecule has 2 heterocycles. The van der Waals surface area contributed by atoms with Crippen molar-refractivity contribution in [1.82, 2.24) is 4.98 Å². The summed E-state index contributed by atoms with van der Waals surface area (Å²) in [7, 11) is 0. The maximum Gasteiger partial charge on any atom is 0.0994 e. The van der Waals surface area contributed by atoms with Gasteiger partial charge in [-0.3, -0.25) is 9.98 Å². The van der Waals surface area contributed by atoms with Crippen molar-refractivity contribution in [3.8, 4) is 6.07 Å². The molecule has 116 valence electrons. The van der Waals surface area contributed by atoms with Crippen molar-refractivity contribution >= 4 is 16.6 Å². The van der Waals surface area contributed by atoms with Crippen LogP contribution in [0.5, 0.6) is 0 Å². The Hall–Kier alpha value is -2.99. The van der Waals surface area contributed by atoms with Crippen molar-refractivity contribution < 1.29 is 0 Å². The maximum atomic E-state index is 9.46. The molecule has 1 aliphatic heterocycles. The van der Waals surface area contributed by atoms with E-state index in [1.807, 2.05) is 36.5 Å². The van der Waals surface area contributed by atoms with E-state index in [1.165, 1.54) is 0 Å². The van der Waals surface area contributed by atoms with E-state index >= 15 is 0 Å². The monoisotopic (exact) mass is 311 g/mol. The normalized spacial score (nSPS) is 15.5. The molecule has 0 aliphatic carbocycles. The minimum atomic E-state index is -0.235. The highest BCUT2D eigenvalue weighted by molar-refractivity contribution is 6.15. The molecule has 0 radical (unpaired) electrons. The van der Waals surface area contributed by atoms with Gasteiger partial charge in [-0.2, -0.15) is 5.26 Å². The number of pyridine rings is 1. The molecule has 3 heteroatoms. The number of nitriles is 1. The number of benzene rings is 2. The quantitative estimate of drug-likeness (QED) is 0.673. The average Bonchev–Trinajstić information content (AvgIpc) is 2.59. The van der Waals surface area contributed by atoms with Crippen LogP contribution in [0.1, 0.15) is 36.1 Å². The zero-order valence-electron chi connectivity index (χ0n) is 13.7. The zero-order chi connectivity index (χ0) is 16.7. The van der Waals surface area contributed by atoms with Gasteiger partial charge in [0.15, 0.2) is 0 Å². The highest BCUT2D eigenvalue weighted by atomic mass is 14.9.